The van der Waals surface area contributed by atoms with Crippen molar-refractivity contribution in [1.29, 1.82) is 0 Å². The zero-order valence-electron chi connectivity index (χ0n) is 10.7. The Labute approximate surface area is 121 Å². The van der Waals surface area contributed by atoms with E-state index >= 15 is 0 Å². The monoisotopic (exact) mass is 328 g/mol. The second kappa shape index (κ2) is 6.29. The molecule has 0 fully saturated rings. The van der Waals surface area contributed by atoms with E-state index < -0.39 is 0 Å². The molecule has 1 aromatic carbocycles. The normalized spacial score (nSPS) is 10.5. The van der Waals surface area contributed by atoms with Crippen LogP contribution in [0.3, 0.4) is 0 Å². The number of nitrogens with zero attached hydrogens (tertiary/aromatic N) is 1. The molecule has 0 aliphatic heterocycles. The van der Waals surface area contributed by atoms with E-state index in [2.05, 4.69) is 15.9 Å². The molecule has 0 radical (unpaired) electrons. The molecule has 18 heavy (non-hydrogen) atoms. The van der Waals surface area contributed by atoms with Gasteiger partial charge in [-0.25, -0.2) is 0 Å². The van der Waals surface area contributed by atoms with Crippen molar-refractivity contribution in [2.75, 3.05) is 6.54 Å². The highest BCUT2D eigenvalue weighted by atomic mass is 79.9. The van der Waals surface area contributed by atoms with Gasteiger partial charge in [-0.3, -0.25) is 4.79 Å². The summed E-state index contributed by atoms with van der Waals surface area (Å²) in [4.78, 5) is 14.4. The summed E-state index contributed by atoms with van der Waals surface area (Å²) < 4.78 is 0.924. The van der Waals surface area contributed by atoms with Crippen LogP contribution in [0.15, 0.2) is 22.7 Å². The molecular weight excluding hydrogens is 312 g/mol. The minimum absolute atomic E-state index is 0.0547. The molecule has 0 aromatic heterocycles. The van der Waals surface area contributed by atoms with E-state index in [0.29, 0.717) is 17.1 Å². The van der Waals surface area contributed by atoms with Crippen LogP contribution in [0, 0.1) is 6.92 Å². The highest BCUT2D eigenvalue weighted by Gasteiger charge is 2.19. The Morgan fingerprint density at radius 2 is 2.11 bits per heavy atom. The smallest absolute Gasteiger partial charge is 0.254 e. The molecule has 0 saturated carbocycles. The summed E-state index contributed by atoms with van der Waals surface area (Å²) in [5, 5.41) is 0. The van der Waals surface area contributed by atoms with Crippen molar-refractivity contribution in [3.8, 4) is 0 Å². The van der Waals surface area contributed by atoms with Gasteiger partial charge in [0.25, 0.3) is 5.91 Å². The van der Waals surface area contributed by atoms with Crippen molar-refractivity contribution < 1.29 is 4.79 Å². The average Bonchev–Trinajstić information content (AvgIpc) is 2.28. The Morgan fingerprint density at radius 3 is 2.56 bits per heavy atom. The largest absolute Gasteiger partial charge is 0.392 e. The van der Waals surface area contributed by atoms with Crippen molar-refractivity contribution in [2.24, 2.45) is 5.73 Å². The number of hydrogen-bond acceptors (Lipinski definition) is 2. The van der Waals surface area contributed by atoms with Crippen molar-refractivity contribution in [1.82, 2.24) is 4.90 Å². The maximum absolute atomic E-state index is 12.4. The average molecular weight is 329 g/mol. The second-order valence-corrected chi connectivity index (χ2v) is 5.84. The molecule has 0 aliphatic rings. The molecule has 0 spiro atoms. The third-order valence-electron chi connectivity index (χ3n) is 2.63. The third kappa shape index (κ3) is 3.78. The summed E-state index contributed by atoms with van der Waals surface area (Å²) in [7, 11) is 0. The lowest BCUT2D eigenvalue weighted by Crippen LogP contribution is -2.42. The zero-order chi connectivity index (χ0) is 13.9. The number of amides is 1. The van der Waals surface area contributed by atoms with Gasteiger partial charge in [-0.15, -0.1) is 0 Å². The fourth-order valence-corrected chi connectivity index (χ4v) is 2.07. The van der Waals surface area contributed by atoms with Gasteiger partial charge >= 0.3 is 0 Å². The third-order valence-corrected chi connectivity index (χ3v) is 3.61. The minimum atomic E-state index is -0.0569. The Kier molecular flexibility index (Phi) is 5.28. The van der Waals surface area contributed by atoms with E-state index in [1.54, 1.807) is 4.90 Å². The Bertz CT molecular complexity index is 474. The molecule has 1 amide bonds. The van der Waals surface area contributed by atoms with E-state index in [9.17, 15) is 4.79 Å². The zero-order valence-corrected chi connectivity index (χ0v) is 13.1. The molecule has 0 unspecified atom stereocenters. The van der Waals surface area contributed by atoms with Crippen LogP contribution in [0.4, 0.5) is 0 Å². The van der Waals surface area contributed by atoms with E-state index in [1.807, 2.05) is 39.0 Å². The summed E-state index contributed by atoms with van der Waals surface area (Å²) >= 11 is 8.31. The molecule has 0 bridgehead atoms. The molecule has 2 N–H and O–H groups in total. The molecule has 98 valence electrons. The minimum Gasteiger partial charge on any atom is -0.392 e. The lowest BCUT2D eigenvalue weighted by Gasteiger charge is -2.26. The van der Waals surface area contributed by atoms with Crippen LogP contribution >= 0.6 is 28.1 Å². The summed E-state index contributed by atoms with van der Waals surface area (Å²) in [6.45, 7) is 6.17. The Hall–Kier alpha value is -0.940. The summed E-state index contributed by atoms with van der Waals surface area (Å²) in [6, 6.07) is 5.61. The topological polar surface area (TPSA) is 46.3 Å². The number of carbonyl (C=O) groups is 1. The number of hydrogen-bond donors (Lipinski definition) is 1. The molecule has 5 heteroatoms. The first-order chi connectivity index (χ1) is 8.32. The van der Waals surface area contributed by atoms with Crippen LogP contribution in [-0.2, 0) is 0 Å². The van der Waals surface area contributed by atoms with Crippen molar-refractivity contribution >= 4 is 39.0 Å². The molecular formula is C13H17BrN2OS. The number of benzene rings is 1. The van der Waals surface area contributed by atoms with Gasteiger partial charge in [0.05, 0.1) is 11.5 Å². The van der Waals surface area contributed by atoms with Gasteiger partial charge in [0.15, 0.2) is 0 Å². The quantitative estimate of drug-likeness (QED) is 0.864. The van der Waals surface area contributed by atoms with Gasteiger partial charge < -0.3 is 10.6 Å². The number of aryl methyl sites for hydroxylation is 1. The maximum Gasteiger partial charge on any atom is 0.254 e. The van der Waals surface area contributed by atoms with Crippen molar-refractivity contribution in [3.63, 3.8) is 0 Å². The first-order valence-electron chi connectivity index (χ1n) is 5.68. The van der Waals surface area contributed by atoms with Gasteiger partial charge in [-0.2, -0.15) is 0 Å². The van der Waals surface area contributed by atoms with Gasteiger partial charge in [0, 0.05) is 16.1 Å². The van der Waals surface area contributed by atoms with Gasteiger partial charge in [0.1, 0.15) is 0 Å². The Morgan fingerprint density at radius 1 is 1.50 bits per heavy atom. The fraction of sp³-hybridized carbons (Fsp3) is 0.385. The Balaban J connectivity index is 3.02. The summed E-state index contributed by atoms with van der Waals surface area (Å²) in [5.41, 5.74) is 7.26. The summed E-state index contributed by atoms with van der Waals surface area (Å²) in [5.74, 6) is -0.0569. The van der Waals surface area contributed by atoms with Crippen molar-refractivity contribution in [3.05, 3.63) is 33.8 Å². The predicted octanol–water partition coefficient (Wildman–Crippen LogP) is 2.89. The number of thiocarbonyl (C=S) groups is 1. The van der Waals surface area contributed by atoms with E-state index in [1.165, 1.54) is 0 Å². The van der Waals surface area contributed by atoms with E-state index in [4.69, 9.17) is 18.0 Å². The molecule has 0 aliphatic carbocycles. The number of halogens is 1. The van der Waals surface area contributed by atoms with Gasteiger partial charge in [0.2, 0.25) is 0 Å². The van der Waals surface area contributed by atoms with Gasteiger partial charge in [-0.05, 0) is 38.5 Å². The van der Waals surface area contributed by atoms with Crippen LogP contribution in [-0.4, -0.2) is 28.4 Å². The SMILES string of the molecule is Cc1ccc(C(=O)N(CC(N)=S)C(C)C)cc1Br. The van der Waals surface area contributed by atoms with Crippen molar-refractivity contribution in [2.45, 2.75) is 26.8 Å². The second-order valence-electron chi connectivity index (χ2n) is 4.46. The fourth-order valence-electron chi connectivity index (χ4n) is 1.55. The first kappa shape index (κ1) is 15.1. The first-order valence-corrected chi connectivity index (χ1v) is 6.88. The summed E-state index contributed by atoms with van der Waals surface area (Å²) in [6.07, 6.45) is 0. The highest BCUT2D eigenvalue weighted by molar-refractivity contribution is 9.10. The predicted molar refractivity (Wildman–Crippen MR) is 81.8 cm³/mol. The van der Waals surface area contributed by atoms with Crippen LogP contribution in [0.2, 0.25) is 0 Å². The van der Waals surface area contributed by atoms with Gasteiger partial charge in [-0.1, -0.05) is 34.2 Å². The van der Waals surface area contributed by atoms with Crippen LogP contribution < -0.4 is 5.73 Å². The number of carbonyl (C=O) groups excluding carboxylic acids is 1. The molecule has 0 saturated heterocycles. The number of nitrogens with two attached hydrogens (primary N) is 1. The van der Waals surface area contributed by atoms with Crippen LogP contribution in [0.25, 0.3) is 0 Å². The number of rotatable bonds is 4. The van der Waals surface area contributed by atoms with E-state index in [-0.39, 0.29) is 11.9 Å². The lowest BCUT2D eigenvalue weighted by molar-refractivity contribution is 0.0736. The van der Waals surface area contributed by atoms with E-state index in [0.717, 1.165) is 10.0 Å². The van der Waals surface area contributed by atoms with Crippen LogP contribution in [0.1, 0.15) is 29.8 Å². The lowest BCUT2D eigenvalue weighted by atomic mass is 10.1. The molecule has 1 rings (SSSR count). The maximum atomic E-state index is 12.4. The standard InChI is InChI=1S/C13H17BrN2OS/c1-8(2)16(7-12(15)18)13(17)10-5-4-9(3)11(14)6-10/h4-6,8H,7H2,1-3H3,(H2,15,18). The van der Waals surface area contributed by atoms with Crippen LogP contribution in [0.5, 0.6) is 0 Å². The molecule has 0 atom stereocenters. The molecule has 3 nitrogen and oxygen atoms in total. The molecule has 1 aromatic rings. The molecule has 0 heterocycles. The highest BCUT2D eigenvalue weighted by Crippen LogP contribution is 2.19.